The standard InChI is InChI=1S/C19H35NO2/c1-6-10-16(5)15-18(9-4)19(11-12-20,22-14-13-21)17(7-2)8-3/h13,16-18H,6-11,14-15H2,1-5H3. The Kier molecular flexibility index (Phi) is 11.2. The van der Waals surface area contributed by atoms with Gasteiger partial charge in [0.15, 0.2) is 0 Å². The van der Waals surface area contributed by atoms with E-state index in [1.54, 1.807) is 0 Å². The molecule has 0 amide bonds. The third-order valence-corrected chi connectivity index (χ3v) is 5.10. The van der Waals surface area contributed by atoms with Crippen LogP contribution in [0.4, 0.5) is 0 Å². The maximum Gasteiger partial charge on any atom is 0.145 e. The highest BCUT2D eigenvalue weighted by molar-refractivity contribution is 5.50. The quantitative estimate of drug-likeness (QED) is 0.442. The SMILES string of the molecule is CCCC(C)CC(CC)C(CC#N)(OCC=O)C(CC)CC. The molecule has 3 atom stereocenters. The van der Waals surface area contributed by atoms with Gasteiger partial charge in [-0.05, 0) is 24.2 Å². The molecule has 0 aliphatic rings. The Morgan fingerprint density at radius 1 is 1.14 bits per heavy atom. The van der Waals surface area contributed by atoms with Gasteiger partial charge in [-0.25, -0.2) is 0 Å². The van der Waals surface area contributed by atoms with Gasteiger partial charge in [0, 0.05) is 0 Å². The normalized spacial score (nSPS) is 16.8. The number of carbonyl (C=O) groups is 1. The summed E-state index contributed by atoms with van der Waals surface area (Å²) in [6.45, 7) is 11.1. The minimum atomic E-state index is -0.476. The Hall–Kier alpha value is -0.880. The van der Waals surface area contributed by atoms with Crippen molar-refractivity contribution in [1.82, 2.24) is 0 Å². The number of hydrogen-bond donors (Lipinski definition) is 0. The summed E-state index contributed by atoms with van der Waals surface area (Å²) in [7, 11) is 0. The number of aldehydes is 1. The smallest absolute Gasteiger partial charge is 0.145 e. The first-order valence-electron chi connectivity index (χ1n) is 9.00. The largest absolute Gasteiger partial charge is 0.366 e. The summed E-state index contributed by atoms with van der Waals surface area (Å²) in [4.78, 5) is 10.9. The third kappa shape index (κ3) is 5.72. The van der Waals surface area contributed by atoms with Crippen LogP contribution < -0.4 is 0 Å². The second kappa shape index (κ2) is 11.7. The molecule has 3 heteroatoms. The van der Waals surface area contributed by atoms with Crippen LogP contribution in [0.1, 0.15) is 79.6 Å². The molecule has 0 fully saturated rings. The highest BCUT2D eigenvalue weighted by atomic mass is 16.5. The van der Waals surface area contributed by atoms with E-state index < -0.39 is 5.60 Å². The molecule has 0 N–H and O–H groups in total. The molecule has 0 aromatic carbocycles. The summed E-state index contributed by atoms with van der Waals surface area (Å²) < 4.78 is 6.10. The molecule has 0 aliphatic heterocycles. The van der Waals surface area contributed by atoms with Crippen molar-refractivity contribution in [1.29, 1.82) is 5.26 Å². The molecule has 3 unspecified atom stereocenters. The van der Waals surface area contributed by atoms with Crippen molar-refractivity contribution >= 4 is 6.29 Å². The van der Waals surface area contributed by atoms with Crippen molar-refractivity contribution in [3.63, 3.8) is 0 Å². The predicted molar refractivity (Wildman–Crippen MR) is 91.5 cm³/mol. The van der Waals surface area contributed by atoms with Crippen molar-refractivity contribution in [3.05, 3.63) is 0 Å². The number of nitrogens with zero attached hydrogens (tertiary/aromatic N) is 1. The number of nitriles is 1. The Labute approximate surface area is 137 Å². The van der Waals surface area contributed by atoms with Crippen LogP contribution in [0.15, 0.2) is 0 Å². The predicted octanol–water partition coefficient (Wildman–Crippen LogP) is 5.14. The molecule has 0 saturated carbocycles. The first kappa shape index (κ1) is 21.1. The van der Waals surface area contributed by atoms with Crippen molar-refractivity contribution in [2.75, 3.05) is 6.61 Å². The molecule has 0 aromatic rings. The number of hydrogen-bond acceptors (Lipinski definition) is 3. The summed E-state index contributed by atoms with van der Waals surface area (Å²) in [5.74, 6) is 1.28. The summed E-state index contributed by atoms with van der Waals surface area (Å²) in [5.41, 5.74) is -0.476. The van der Waals surface area contributed by atoms with E-state index in [2.05, 4.69) is 40.7 Å². The molecule has 0 heterocycles. The van der Waals surface area contributed by atoms with E-state index in [9.17, 15) is 10.1 Å². The van der Waals surface area contributed by atoms with Gasteiger partial charge in [0.2, 0.25) is 0 Å². The van der Waals surface area contributed by atoms with Gasteiger partial charge < -0.3 is 9.53 Å². The van der Waals surface area contributed by atoms with E-state index in [0.29, 0.717) is 24.2 Å². The zero-order valence-corrected chi connectivity index (χ0v) is 15.2. The molecule has 0 aliphatic carbocycles. The zero-order valence-electron chi connectivity index (χ0n) is 15.2. The molecule has 3 nitrogen and oxygen atoms in total. The minimum Gasteiger partial charge on any atom is -0.366 e. The highest BCUT2D eigenvalue weighted by Gasteiger charge is 2.44. The van der Waals surface area contributed by atoms with Crippen molar-refractivity contribution in [2.45, 2.75) is 85.2 Å². The third-order valence-electron chi connectivity index (χ3n) is 5.10. The Morgan fingerprint density at radius 2 is 1.73 bits per heavy atom. The van der Waals surface area contributed by atoms with E-state index in [1.807, 2.05) is 0 Å². The summed E-state index contributed by atoms with van der Waals surface area (Å²) >= 11 is 0. The van der Waals surface area contributed by atoms with Crippen LogP contribution in [-0.2, 0) is 9.53 Å². The fraction of sp³-hybridized carbons (Fsp3) is 0.895. The van der Waals surface area contributed by atoms with Crippen LogP contribution in [-0.4, -0.2) is 18.5 Å². The lowest BCUT2D eigenvalue weighted by Crippen LogP contribution is -2.48. The fourth-order valence-electron chi connectivity index (χ4n) is 4.01. The zero-order chi connectivity index (χ0) is 17.0. The van der Waals surface area contributed by atoms with E-state index >= 15 is 0 Å². The molecule has 0 radical (unpaired) electrons. The molecule has 0 saturated heterocycles. The van der Waals surface area contributed by atoms with Gasteiger partial charge in [-0.2, -0.15) is 5.26 Å². The summed E-state index contributed by atoms with van der Waals surface area (Å²) in [6, 6.07) is 2.35. The van der Waals surface area contributed by atoms with E-state index in [4.69, 9.17) is 4.74 Å². The minimum absolute atomic E-state index is 0.0941. The van der Waals surface area contributed by atoms with Gasteiger partial charge >= 0.3 is 0 Å². The average molecular weight is 309 g/mol. The maximum absolute atomic E-state index is 10.9. The Bertz CT molecular complexity index is 333. The number of rotatable bonds is 13. The van der Waals surface area contributed by atoms with Crippen LogP contribution >= 0.6 is 0 Å². The number of carbonyl (C=O) groups excluding carboxylic acids is 1. The molecule has 0 aromatic heterocycles. The molecule has 0 rings (SSSR count). The Morgan fingerprint density at radius 3 is 2.14 bits per heavy atom. The average Bonchev–Trinajstić information content (AvgIpc) is 2.51. The summed E-state index contributed by atoms with van der Waals surface area (Å²) in [6.07, 6.45) is 7.61. The van der Waals surface area contributed by atoms with Crippen LogP contribution in [0.25, 0.3) is 0 Å². The van der Waals surface area contributed by atoms with E-state index in [0.717, 1.165) is 32.0 Å². The van der Waals surface area contributed by atoms with Gasteiger partial charge in [-0.1, -0.05) is 66.7 Å². The molecular formula is C19H35NO2. The fourth-order valence-corrected chi connectivity index (χ4v) is 4.01. The van der Waals surface area contributed by atoms with Crippen LogP contribution in [0.5, 0.6) is 0 Å². The Balaban J connectivity index is 5.52. The first-order valence-corrected chi connectivity index (χ1v) is 9.00. The molecule has 128 valence electrons. The summed E-state index contributed by atoms with van der Waals surface area (Å²) in [5, 5.41) is 9.40. The van der Waals surface area contributed by atoms with Gasteiger partial charge in [-0.3, -0.25) is 0 Å². The van der Waals surface area contributed by atoms with Gasteiger partial charge in [0.25, 0.3) is 0 Å². The van der Waals surface area contributed by atoms with Gasteiger partial charge in [0.1, 0.15) is 12.9 Å². The monoisotopic (exact) mass is 309 g/mol. The highest BCUT2D eigenvalue weighted by Crippen LogP contribution is 2.42. The van der Waals surface area contributed by atoms with E-state index in [-0.39, 0.29) is 6.61 Å². The lowest BCUT2D eigenvalue weighted by atomic mass is 9.68. The first-order chi connectivity index (χ1) is 10.6. The topological polar surface area (TPSA) is 50.1 Å². The lowest BCUT2D eigenvalue weighted by Gasteiger charge is -2.45. The second-order valence-electron chi connectivity index (χ2n) is 6.52. The van der Waals surface area contributed by atoms with Gasteiger partial charge in [-0.15, -0.1) is 0 Å². The molecule has 0 bridgehead atoms. The van der Waals surface area contributed by atoms with Crippen LogP contribution in [0.3, 0.4) is 0 Å². The molecular weight excluding hydrogens is 274 g/mol. The van der Waals surface area contributed by atoms with Gasteiger partial charge in [0.05, 0.1) is 18.1 Å². The molecule has 22 heavy (non-hydrogen) atoms. The second-order valence-corrected chi connectivity index (χ2v) is 6.52. The number of ether oxygens (including phenoxy) is 1. The van der Waals surface area contributed by atoms with Crippen LogP contribution in [0.2, 0.25) is 0 Å². The van der Waals surface area contributed by atoms with Crippen LogP contribution in [0, 0.1) is 29.1 Å². The van der Waals surface area contributed by atoms with Crippen molar-refractivity contribution in [2.24, 2.45) is 17.8 Å². The van der Waals surface area contributed by atoms with E-state index in [1.165, 1.54) is 12.8 Å². The van der Waals surface area contributed by atoms with Crippen molar-refractivity contribution in [3.8, 4) is 6.07 Å². The lowest BCUT2D eigenvalue weighted by molar-refractivity contribution is -0.143. The van der Waals surface area contributed by atoms with Crippen molar-refractivity contribution < 1.29 is 9.53 Å². The maximum atomic E-state index is 10.9. The molecule has 0 spiro atoms.